The van der Waals surface area contributed by atoms with Gasteiger partial charge in [-0.2, -0.15) is 0 Å². The molecule has 0 saturated heterocycles. The van der Waals surface area contributed by atoms with Crippen molar-refractivity contribution >= 4 is 27.3 Å². The molecule has 0 unspecified atom stereocenters. The van der Waals surface area contributed by atoms with Crippen molar-refractivity contribution in [3.8, 4) is 11.5 Å². The molecule has 0 heterocycles. The van der Waals surface area contributed by atoms with Crippen LogP contribution < -0.4 is 14.8 Å². The van der Waals surface area contributed by atoms with Crippen LogP contribution >= 0.6 is 0 Å². The monoisotopic (exact) mass is 320 g/mol. The third-order valence-electron chi connectivity index (χ3n) is 2.57. The summed E-state index contributed by atoms with van der Waals surface area (Å²) in [7, 11) is -3.48. The van der Waals surface area contributed by atoms with Crippen LogP contribution in [0.25, 0.3) is 0 Å². The average Bonchev–Trinajstić information content (AvgIpc) is 2.40. The van der Waals surface area contributed by atoms with Crippen LogP contribution in [-0.2, 0) is 14.8 Å². The van der Waals surface area contributed by atoms with Gasteiger partial charge in [0.15, 0.2) is 5.75 Å². The maximum Gasteiger partial charge on any atom is 0.229 e. The Morgan fingerprint density at radius 2 is 1.77 bits per heavy atom. The van der Waals surface area contributed by atoms with Gasteiger partial charge in [0.2, 0.25) is 15.9 Å². The minimum Gasteiger partial charge on any atom is -0.455 e. The van der Waals surface area contributed by atoms with E-state index in [9.17, 15) is 13.2 Å². The largest absolute Gasteiger partial charge is 0.455 e. The van der Waals surface area contributed by atoms with Crippen molar-refractivity contribution in [1.29, 1.82) is 0 Å². The summed E-state index contributed by atoms with van der Waals surface area (Å²) in [4.78, 5) is 11.1. The van der Waals surface area contributed by atoms with E-state index in [0.29, 0.717) is 17.2 Å². The Balaban J connectivity index is 2.36. The summed E-state index contributed by atoms with van der Waals surface area (Å²) < 4.78 is 31.0. The second-order valence-electron chi connectivity index (χ2n) is 4.68. The molecule has 1 amide bonds. The third-order valence-corrected chi connectivity index (χ3v) is 3.16. The van der Waals surface area contributed by atoms with Gasteiger partial charge >= 0.3 is 0 Å². The Bertz CT molecular complexity index is 773. The highest BCUT2D eigenvalue weighted by Gasteiger charge is 2.11. The van der Waals surface area contributed by atoms with E-state index in [2.05, 4.69) is 10.0 Å². The molecule has 22 heavy (non-hydrogen) atoms. The number of carbonyl (C=O) groups excluding carboxylic acids is 1. The molecule has 2 aromatic carbocycles. The van der Waals surface area contributed by atoms with E-state index in [1.165, 1.54) is 13.0 Å². The molecule has 6 nitrogen and oxygen atoms in total. The van der Waals surface area contributed by atoms with Crippen LogP contribution in [0.15, 0.2) is 48.5 Å². The lowest BCUT2D eigenvalue weighted by molar-refractivity contribution is -0.114. The summed E-state index contributed by atoms with van der Waals surface area (Å²) in [5.41, 5.74) is 0.719. The number of hydrogen-bond donors (Lipinski definition) is 2. The maximum atomic E-state index is 11.5. The first-order chi connectivity index (χ1) is 10.3. The second-order valence-corrected chi connectivity index (χ2v) is 6.43. The average molecular weight is 320 g/mol. The summed E-state index contributed by atoms with van der Waals surface area (Å²) in [6.45, 7) is 1.37. The molecule has 0 bridgehead atoms. The Morgan fingerprint density at radius 1 is 1.09 bits per heavy atom. The van der Waals surface area contributed by atoms with Crippen molar-refractivity contribution in [2.45, 2.75) is 6.92 Å². The summed E-state index contributed by atoms with van der Waals surface area (Å²) >= 11 is 0. The molecule has 0 aliphatic heterocycles. The van der Waals surface area contributed by atoms with Crippen LogP contribution in [0.3, 0.4) is 0 Å². The number of nitrogens with one attached hydrogen (secondary N) is 2. The third kappa shape index (κ3) is 4.78. The summed E-state index contributed by atoms with van der Waals surface area (Å²) in [5.74, 6) is 0.666. The fourth-order valence-electron chi connectivity index (χ4n) is 1.80. The molecule has 0 aliphatic rings. The molecule has 2 rings (SSSR count). The number of benzene rings is 2. The van der Waals surface area contributed by atoms with Crippen LogP contribution in [0.2, 0.25) is 0 Å². The smallest absolute Gasteiger partial charge is 0.229 e. The highest BCUT2D eigenvalue weighted by Crippen LogP contribution is 2.32. The van der Waals surface area contributed by atoms with E-state index in [0.717, 1.165) is 6.26 Å². The Hall–Kier alpha value is -2.54. The minimum atomic E-state index is -3.48. The van der Waals surface area contributed by atoms with Crippen molar-refractivity contribution < 1.29 is 17.9 Å². The van der Waals surface area contributed by atoms with E-state index in [4.69, 9.17) is 4.74 Å². The number of carbonyl (C=O) groups is 1. The summed E-state index contributed by atoms with van der Waals surface area (Å²) in [6.07, 6.45) is 1.05. The lowest BCUT2D eigenvalue weighted by Crippen LogP contribution is -2.11. The molecule has 0 fully saturated rings. The van der Waals surface area contributed by atoms with Gasteiger partial charge in [0, 0.05) is 12.6 Å². The van der Waals surface area contributed by atoms with E-state index in [-0.39, 0.29) is 11.6 Å². The predicted molar refractivity (Wildman–Crippen MR) is 85.7 cm³/mol. The van der Waals surface area contributed by atoms with Gasteiger partial charge in [0.05, 0.1) is 11.9 Å². The number of anilines is 2. The number of sulfonamides is 1. The van der Waals surface area contributed by atoms with Gasteiger partial charge in [-0.25, -0.2) is 8.42 Å². The zero-order valence-corrected chi connectivity index (χ0v) is 13.0. The number of ether oxygens (including phenoxy) is 1. The Labute approximate surface area is 129 Å². The quantitative estimate of drug-likeness (QED) is 0.887. The standard InChI is InChI=1S/C15H16N2O4S/c1-11(18)16-12-8-9-15(14(10-12)17-22(2,19)20)21-13-6-4-3-5-7-13/h3-10,17H,1-2H3,(H,16,18). The Kier molecular flexibility index (Phi) is 4.67. The molecule has 2 N–H and O–H groups in total. The predicted octanol–water partition coefficient (Wildman–Crippen LogP) is 2.81. The van der Waals surface area contributed by atoms with Gasteiger partial charge in [0.25, 0.3) is 0 Å². The van der Waals surface area contributed by atoms with Crippen LogP contribution in [0.1, 0.15) is 6.92 Å². The van der Waals surface area contributed by atoms with Gasteiger partial charge in [-0.1, -0.05) is 18.2 Å². The fourth-order valence-corrected chi connectivity index (χ4v) is 2.35. The van der Waals surface area contributed by atoms with Crippen LogP contribution in [0.5, 0.6) is 11.5 Å². The second kappa shape index (κ2) is 6.48. The van der Waals surface area contributed by atoms with Crippen molar-refractivity contribution in [2.75, 3.05) is 16.3 Å². The molecule has 0 aliphatic carbocycles. The minimum absolute atomic E-state index is 0.248. The molecule has 7 heteroatoms. The number of amides is 1. The zero-order chi connectivity index (χ0) is 16.2. The van der Waals surface area contributed by atoms with E-state index in [1.54, 1.807) is 24.3 Å². The highest BCUT2D eigenvalue weighted by molar-refractivity contribution is 7.92. The maximum absolute atomic E-state index is 11.5. The SMILES string of the molecule is CC(=O)Nc1ccc(Oc2ccccc2)c(NS(C)(=O)=O)c1. The highest BCUT2D eigenvalue weighted by atomic mass is 32.2. The van der Waals surface area contributed by atoms with E-state index in [1.807, 2.05) is 18.2 Å². The van der Waals surface area contributed by atoms with Crippen molar-refractivity contribution in [3.05, 3.63) is 48.5 Å². The van der Waals surface area contributed by atoms with Crippen LogP contribution in [0.4, 0.5) is 11.4 Å². The van der Waals surface area contributed by atoms with Gasteiger partial charge < -0.3 is 10.1 Å². The molecule has 116 valence electrons. The topological polar surface area (TPSA) is 84.5 Å². The summed E-state index contributed by atoms with van der Waals surface area (Å²) in [6, 6.07) is 13.7. The normalized spacial score (nSPS) is 10.8. The number of hydrogen-bond acceptors (Lipinski definition) is 4. The zero-order valence-electron chi connectivity index (χ0n) is 12.2. The first-order valence-corrected chi connectivity index (χ1v) is 8.35. The van der Waals surface area contributed by atoms with Gasteiger partial charge in [-0.3, -0.25) is 9.52 Å². The fraction of sp³-hybridized carbons (Fsp3) is 0.133. The van der Waals surface area contributed by atoms with Gasteiger partial charge in [-0.15, -0.1) is 0 Å². The first-order valence-electron chi connectivity index (χ1n) is 6.46. The molecule has 0 aromatic heterocycles. The lowest BCUT2D eigenvalue weighted by atomic mass is 10.2. The van der Waals surface area contributed by atoms with Gasteiger partial charge in [-0.05, 0) is 30.3 Å². The summed E-state index contributed by atoms with van der Waals surface area (Å²) in [5, 5.41) is 2.59. The van der Waals surface area contributed by atoms with Crippen molar-refractivity contribution in [2.24, 2.45) is 0 Å². The molecule has 0 spiro atoms. The molecule has 0 atom stereocenters. The molecule has 0 saturated carbocycles. The van der Waals surface area contributed by atoms with E-state index >= 15 is 0 Å². The van der Waals surface area contributed by atoms with Crippen LogP contribution in [-0.4, -0.2) is 20.6 Å². The number of rotatable bonds is 5. The molecule has 0 radical (unpaired) electrons. The molecule has 2 aromatic rings. The molecular weight excluding hydrogens is 304 g/mol. The van der Waals surface area contributed by atoms with Gasteiger partial charge in [0.1, 0.15) is 5.75 Å². The van der Waals surface area contributed by atoms with E-state index < -0.39 is 10.0 Å². The van der Waals surface area contributed by atoms with Crippen molar-refractivity contribution in [1.82, 2.24) is 0 Å². The lowest BCUT2D eigenvalue weighted by Gasteiger charge is -2.14. The Morgan fingerprint density at radius 3 is 2.36 bits per heavy atom. The number of para-hydroxylation sites is 1. The van der Waals surface area contributed by atoms with Crippen LogP contribution in [0, 0.1) is 0 Å². The first kappa shape index (κ1) is 15.8. The van der Waals surface area contributed by atoms with Crippen molar-refractivity contribution in [3.63, 3.8) is 0 Å². The molecular formula is C15H16N2O4S.